The zero-order valence-corrected chi connectivity index (χ0v) is 13.4. The molecule has 126 valence electrons. The van der Waals surface area contributed by atoms with E-state index in [1.54, 1.807) is 37.2 Å². The highest BCUT2D eigenvalue weighted by atomic mass is 16.6. The Morgan fingerprint density at radius 2 is 2.17 bits per heavy atom. The Bertz CT molecular complexity index is 876. The lowest BCUT2D eigenvalue weighted by atomic mass is 10.2. The number of carbonyl (C=O) groups is 1. The van der Waals surface area contributed by atoms with Crippen molar-refractivity contribution < 1.29 is 9.72 Å². The number of nitrogens with zero attached hydrogens (tertiary/aromatic N) is 5. The van der Waals surface area contributed by atoms with Crippen molar-refractivity contribution in [3.05, 3.63) is 44.9 Å². The van der Waals surface area contributed by atoms with Gasteiger partial charge in [-0.25, -0.2) is 4.98 Å². The average molecular weight is 331 g/mol. The van der Waals surface area contributed by atoms with Crippen molar-refractivity contribution in [2.24, 2.45) is 0 Å². The second kappa shape index (κ2) is 5.91. The molecule has 0 radical (unpaired) electrons. The standard InChI is InChI=1S/C15H17N5O4/c1-17(2)14(21)10-6-5-9-18(10)13-12(20(23)24)15(22)19-8-4-3-7-11(19)16-13/h3-4,7-8,10H,5-6,9H2,1-2H3. The Labute approximate surface area is 137 Å². The average Bonchev–Trinajstić information content (AvgIpc) is 3.02. The molecule has 9 nitrogen and oxygen atoms in total. The van der Waals surface area contributed by atoms with Crippen molar-refractivity contribution >= 4 is 23.1 Å². The first-order valence-electron chi connectivity index (χ1n) is 7.55. The molecule has 0 spiro atoms. The monoisotopic (exact) mass is 331 g/mol. The molecule has 1 unspecified atom stereocenters. The van der Waals surface area contributed by atoms with Crippen molar-refractivity contribution in [3.8, 4) is 0 Å². The smallest absolute Gasteiger partial charge is 0.347 e. The molecule has 1 aliphatic heterocycles. The van der Waals surface area contributed by atoms with Gasteiger partial charge in [0.25, 0.3) is 0 Å². The van der Waals surface area contributed by atoms with Crippen LogP contribution in [0.5, 0.6) is 0 Å². The molecule has 0 saturated carbocycles. The van der Waals surface area contributed by atoms with Gasteiger partial charge in [0.05, 0.1) is 4.92 Å². The van der Waals surface area contributed by atoms with Crippen molar-refractivity contribution in [2.75, 3.05) is 25.5 Å². The summed E-state index contributed by atoms with van der Waals surface area (Å²) in [4.78, 5) is 43.0. The summed E-state index contributed by atoms with van der Waals surface area (Å²) in [6, 6.07) is 4.36. The van der Waals surface area contributed by atoms with Crippen molar-refractivity contribution in [3.63, 3.8) is 0 Å². The fraction of sp³-hybridized carbons (Fsp3) is 0.400. The lowest BCUT2D eigenvalue weighted by Gasteiger charge is -2.26. The van der Waals surface area contributed by atoms with Crippen LogP contribution in [0.3, 0.4) is 0 Å². The van der Waals surface area contributed by atoms with Crippen molar-refractivity contribution in [1.29, 1.82) is 0 Å². The minimum absolute atomic E-state index is 0.0334. The maximum Gasteiger partial charge on any atom is 0.376 e. The number of fused-ring (bicyclic) bond motifs is 1. The number of pyridine rings is 1. The Hall–Kier alpha value is -2.97. The molecule has 0 aromatic carbocycles. The number of rotatable bonds is 3. The summed E-state index contributed by atoms with van der Waals surface area (Å²) in [6.45, 7) is 0.445. The van der Waals surface area contributed by atoms with Gasteiger partial charge in [0.1, 0.15) is 11.7 Å². The molecular weight excluding hydrogens is 314 g/mol. The third-order valence-corrected chi connectivity index (χ3v) is 4.13. The van der Waals surface area contributed by atoms with Gasteiger partial charge in [-0.05, 0) is 25.0 Å². The molecule has 2 aromatic heterocycles. The predicted octanol–water partition coefficient (Wildman–Crippen LogP) is 0.660. The zero-order chi connectivity index (χ0) is 17.4. The number of anilines is 1. The normalized spacial score (nSPS) is 17.2. The van der Waals surface area contributed by atoms with Crippen LogP contribution in [0.1, 0.15) is 12.8 Å². The molecule has 0 N–H and O–H groups in total. The Balaban J connectivity index is 2.21. The highest BCUT2D eigenvalue weighted by Gasteiger charge is 2.38. The van der Waals surface area contributed by atoms with Gasteiger partial charge in [0.15, 0.2) is 0 Å². The summed E-state index contributed by atoms with van der Waals surface area (Å²) in [6.07, 6.45) is 2.72. The van der Waals surface area contributed by atoms with Crippen LogP contribution in [0.2, 0.25) is 0 Å². The summed E-state index contributed by atoms with van der Waals surface area (Å²) in [7, 11) is 3.27. The summed E-state index contributed by atoms with van der Waals surface area (Å²) in [5.74, 6) is -0.189. The van der Waals surface area contributed by atoms with Crippen LogP contribution in [0.15, 0.2) is 29.2 Å². The predicted molar refractivity (Wildman–Crippen MR) is 87.2 cm³/mol. The molecule has 1 saturated heterocycles. The quantitative estimate of drug-likeness (QED) is 0.605. The lowest BCUT2D eigenvalue weighted by molar-refractivity contribution is -0.385. The third kappa shape index (κ3) is 2.47. The second-order valence-electron chi connectivity index (χ2n) is 5.86. The summed E-state index contributed by atoms with van der Waals surface area (Å²) in [5, 5.41) is 11.5. The van der Waals surface area contributed by atoms with Crippen molar-refractivity contribution in [1.82, 2.24) is 14.3 Å². The van der Waals surface area contributed by atoms with Gasteiger partial charge < -0.3 is 9.80 Å². The first-order chi connectivity index (χ1) is 11.4. The van der Waals surface area contributed by atoms with E-state index in [9.17, 15) is 19.7 Å². The molecular formula is C15H17N5O4. The molecule has 1 atom stereocenters. The van der Waals surface area contributed by atoms with E-state index in [1.165, 1.54) is 11.1 Å². The molecule has 3 rings (SSSR count). The summed E-state index contributed by atoms with van der Waals surface area (Å²) >= 11 is 0. The second-order valence-corrected chi connectivity index (χ2v) is 5.86. The van der Waals surface area contributed by atoms with Crippen LogP contribution >= 0.6 is 0 Å². The lowest BCUT2D eigenvalue weighted by Crippen LogP contribution is -2.44. The maximum atomic E-state index is 12.5. The molecule has 9 heteroatoms. The maximum absolute atomic E-state index is 12.5. The van der Waals surface area contributed by atoms with E-state index < -0.39 is 22.2 Å². The van der Waals surface area contributed by atoms with E-state index in [0.29, 0.717) is 25.0 Å². The molecule has 2 aromatic rings. The van der Waals surface area contributed by atoms with E-state index >= 15 is 0 Å². The molecule has 3 heterocycles. The van der Waals surface area contributed by atoms with Crippen LogP contribution in [0.25, 0.3) is 5.65 Å². The number of hydrogen-bond acceptors (Lipinski definition) is 6. The van der Waals surface area contributed by atoms with E-state index in [1.807, 2.05) is 0 Å². The van der Waals surface area contributed by atoms with Gasteiger partial charge in [0.2, 0.25) is 11.7 Å². The first kappa shape index (κ1) is 15.9. The summed E-state index contributed by atoms with van der Waals surface area (Å²) in [5.41, 5.74) is -1.04. The molecule has 1 fully saturated rings. The number of nitro groups is 1. The highest BCUT2D eigenvalue weighted by Crippen LogP contribution is 2.30. The van der Waals surface area contributed by atoms with Gasteiger partial charge in [-0.15, -0.1) is 0 Å². The number of amides is 1. The molecule has 1 amide bonds. The van der Waals surface area contributed by atoms with Gasteiger partial charge in [-0.3, -0.25) is 24.1 Å². The van der Waals surface area contributed by atoms with E-state index in [0.717, 1.165) is 4.40 Å². The van der Waals surface area contributed by atoms with Gasteiger partial charge in [0, 0.05) is 26.8 Å². The number of carbonyl (C=O) groups excluding carboxylic acids is 1. The Kier molecular flexibility index (Phi) is 3.92. The summed E-state index contributed by atoms with van der Waals surface area (Å²) < 4.78 is 1.14. The van der Waals surface area contributed by atoms with Crippen molar-refractivity contribution in [2.45, 2.75) is 18.9 Å². The van der Waals surface area contributed by atoms with E-state index in [2.05, 4.69) is 4.98 Å². The number of aromatic nitrogens is 2. The van der Waals surface area contributed by atoms with Gasteiger partial charge >= 0.3 is 11.2 Å². The van der Waals surface area contributed by atoms with Crippen LogP contribution in [-0.2, 0) is 4.79 Å². The largest absolute Gasteiger partial charge is 0.376 e. The van der Waals surface area contributed by atoms with Gasteiger partial charge in [-0.1, -0.05) is 6.07 Å². The van der Waals surface area contributed by atoms with E-state index in [4.69, 9.17) is 0 Å². The SMILES string of the molecule is CN(C)C(=O)C1CCCN1c1nc2ccccn2c(=O)c1[N+](=O)[O-]. The Morgan fingerprint density at radius 1 is 1.42 bits per heavy atom. The molecule has 0 bridgehead atoms. The van der Waals surface area contributed by atoms with Crippen LogP contribution in [0.4, 0.5) is 11.5 Å². The van der Waals surface area contributed by atoms with Gasteiger partial charge in [-0.2, -0.15) is 0 Å². The van der Waals surface area contributed by atoms with Crippen LogP contribution in [-0.4, -0.2) is 51.8 Å². The highest BCUT2D eigenvalue weighted by molar-refractivity contribution is 5.86. The number of hydrogen-bond donors (Lipinski definition) is 0. The number of likely N-dealkylation sites (N-methyl/N-ethyl adjacent to an activating group) is 1. The Morgan fingerprint density at radius 3 is 2.83 bits per heavy atom. The van der Waals surface area contributed by atoms with Crippen LogP contribution in [0, 0.1) is 10.1 Å². The minimum atomic E-state index is -0.747. The minimum Gasteiger partial charge on any atom is -0.347 e. The topological polar surface area (TPSA) is 101 Å². The first-order valence-corrected chi connectivity index (χ1v) is 7.55. The fourth-order valence-corrected chi connectivity index (χ4v) is 3.00. The molecule has 0 aliphatic carbocycles. The van der Waals surface area contributed by atoms with Crippen LogP contribution < -0.4 is 10.5 Å². The molecule has 24 heavy (non-hydrogen) atoms. The fourth-order valence-electron chi connectivity index (χ4n) is 3.00. The zero-order valence-electron chi connectivity index (χ0n) is 13.4. The molecule has 1 aliphatic rings. The third-order valence-electron chi connectivity index (χ3n) is 4.13. The van der Waals surface area contributed by atoms with E-state index in [-0.39, 0.29) is 11.7 Å².